The first-order chi connectivity index (χ1) is 5.62. The predicted octanol–water partition coefficient (Wildman–Crippen LogP) is 2.00. The molecule has 68 valence electrons. The Morgan fingerprint density at radius 2 is 2.42 bits per heavy atom. The lowest BCUT2D eigenvalue weighted by Gasteiger charge is -2.22. The Morgan fingerprint density at radius 1 is 1.75 bits per heavy atom. The molecule has 12 heavy (non-hydrogen) atoms. The lowest BCUT2D eigenvalue weighted by Crippen LogP contribution is -2.24. The highest BCUT2D eigenvalue weighted by molar-refractivity contribution is 7.71. The summed E-state index contributed by atoms with van der Waals surface area (Å²) in [7, 11) is 1.63. The predicted molar refractivity (Wildman–Crippen MR) is 46.3 cm³/mol. The molecule has 0 saturated heterocycles. The first-order valence-electron chi connectivity index (χ1n) is 3.73. The van der Waals surface area contributed by atoms with Gasteiger partial charge in [-0.15, -0.1) is 0 Å². The average Bonchev–Trinajstić information content (AvgIpc) is 2.51. The van der Waals surface area contributed by atoms with Crippen molar-refractivity contribution in [3.63, 3.8) is 0 Å². The van der Waals surface area contributed by atoms with Gasteiger partial charge in [-0.05, 0) is 25.6 Å². The van der Waals surface area contributed by atoms with Gasteiger partial charge in [0.25, 0.3) is 0 Å². The molecule has 0 aliphatic carbocycles. The maximum atomic E-state index is 5.29. The highest BCUT2D eigenvalue weighted by Crippen LogP contribution is 2.24. The molecule has 1 N–H and O–H groups in total. The van der Waals surface area contributed by atoms with Gasteiger partial charge in [0.05, 0.1) is 0 Å². The van der Waals surface area contributed by atoms with Gasteiger partial charge in [-0.25, -0.2) is 5.16 Å². The third kappa shape index (κ3) is 1.56. The van der Waals surface area contributed by atoms with E-state index in [1.54, 1.807) is 7.11 Å². The number of hydrogen-bond donors (Lipinski definition) is 1. The molecule has 1 unspecified atom stereocenters. The van der Waals surface area contributed by atoms with Crippen LogP contribution in [-0.2, 0) is 10.3 Å². The van der Waals surface area contributed by atoms with Gasteiger partial charge in [0.2, 0.25) is 0 Å². The minimum atomic E-state index is -0.430. The number of nitrogens with zero attached hydrogens (tertiary/aromatic N) is 1. The van der Waals surface area contributed by atoms with E-state index in [1.807, 2.05) is 13.8 Å². The van der Waals surface area contributed by atoms with Crippen molar-refractivity contribution in [2.24, 2.45) is 0 Å². The lowest BCUT2D eigenvalue weighted by molar-refractivity contribution is -0.0106. The molecule has 0 aliphatic heterocycles. The molecule has 0 radical (unpaired) electrons. The Kier molecular flexibility index (Phi) is 2.64. The quantitative estimate of drug-likeness (QED) is 0.737. The molecule has 0 fully saturated rings. The Bertz CT molecular complexity index is 300. The first-order valence-corrected chi connectivity index (χ1v) is 4.14. The van der Waals surface area contributed by atoms with Crippen LogP contribution in [0.3, 0.4) is 0 Å². The minimum absolute atomic E-state index is 0.210. The largest absolute Gasteiger partial charge is 0.370 e. The van der Waals surface area contributed by atoms with Crippen molar-refractivity contribution in [1.29, 1.82) is 0 Å². The molecule has 4 nitrogen and oxygen atoms in total. The number of hydrogen-bond acceptors (Lipinski definition) is 4. The van der Waals surface area contributed by atoms with Crippen LogP contribution in [0.2, 0.25) is 0 Å². The molecule has 0 aliphatic rings. The summed E-state index contributed by atoms with van der Waals surface area (Å²) in [6, 6.07) is 0. The number of methoxy groups -OCH3 is 1. The molecular formula is C7H12N2O2S. The number of aromatic amines is 1. The van der Waals surface area contributed by atoms with Crippen LogP contribution in [0.1, 0.15) is 26.1 Å². The van der Waals surface area contributed by atoms with E-state index in [0.717, 1.165) is 6.42 Å². The van der Waals surface area contributed by atoms with E-state index in [-0.39, 0.29) is 4.84 Å². The number of ether oxygens (including phenoxy) is 1. The van der Waals surface area contributed by atoms with E-state index in [1.165, 1.54) is 0 Å². The Morgan fingerprint density at radius 3 is 2.75 bits per heavy atom. The zero-order chi connectivity index (χ0) is 9.19. The summed E-state index contributed by atoms with van der Waals surface area (Å²) in [6.45, 7) is 3.94. The third-order valence-electron chi connectivity index (χ3n) is 2.06. The van der Waals surface area contributed by atoms with Crippen molar-refractivity contribution in [1.82, 2.24) is 10.1 Å². The van der Waals surface area contributed by atoms with Gasteiger partial charge in [-0.3, -0.25) is 0 Å². The lowest BCUT2D eigenvalue weighted by atomic mass is 10.0. The summed E-state index contributed by atoms with van der Waals surface area (Å²) in [5, 5.41) is 2.63. The van der Waals surface area contributed by atoms with Crippen molar-refractivity contribution in [2.75, 3.05) is 7.11 Å². The fourth-order valence-corrected chi connectivity index (χ4v) is 0.997. The van der Waals surface area contributed by atoms with Gasteiger partial charge < -0.3 is 9.26 Å². The summed E-state index contributed by atoms with van der Waals surface area (Å²) < 4.78 is 10.1. The summed E-state index contributed by atoms with van der Waals surface area (Å²) in [5.41, 5.74) is -0.430. The van der Waals surface area contributed by atoms with Gasteiger partial charge in [0.1, 0.15) is 5.60 Å². The summed E-state index contributed by atoms with van der Waals surface area (Å²) >= 11 is 4.73. The maximum Gasteiger partial charge on any atom is 0.314 e. The number of aromatic nitrogens is 2. The molecule has 5 heteroatoms. The Labute approximate surface area is 75.9 Å². The Balaban J connectivity index is 3.02. The zero-order valence-electron chi connectivity index (χ0n) is 7.38. The van der Waals surface area contributed by atoms with Gasteiger partial charge in [-0.2, -0.15) is 4.98 Å². The number of rotatable bonds is 3. The molecule has 1 aromatic rings. The van der Waals surface area contributed by atoms with Gasteiger partial charge in [0.15, 0.2) is 5.82 Å². The smallest absolute Gasteiger partial charge is 0.314 e. The summed E-state index contributed by atoms with van der Waals surface area (Å²) in [4.78, 5) is 4.20. The molecule has 0 spiro atoms. The highest BCUT2D eigenvalue weighted by atomic mass is 32.1. The average molecular weight is 188 g/mol. The normalized spacial score (nSPS) is 15.9. The molecule has 1 atom stereocenters. The SMILES string of the molecule is CCC(C)(OC)c1nc(=S)o[nH]1. The first kappa shape index (κ1) is 9.41. The molecular weight excluding hydrogens is 176 g/mol. The number of nitrogens with one attached hydrogen (secondary N) is 1. The third-order valence-corrected chi connectivity index (χ3v) is 2.24. The fraction of sp³-hybridized carbons (Fsp3) is 0.714. The van der Waals surface area contributed by atoms with Crippen molar-refractivity contribution in [3.05, 3.63) is 10.7 Å². The van der Waals surface area contributed by atoms with E-state index in [2.05, 4.69) is 10.1 Å². The fourth-order valence-electron chi connectivity index (χ4n) is 0.864. The van der Waals surface area contributed by atoms with Gasteiger partial charge in [0, 0.05) is 7.11 Å². The van der Waals surface area contributed by atoms with Gasteiger partial charge >= 0.3 is 4.84 Å². The second kappa shape index (κ2) is 3.37. The van der Waals surface area contributed by atoms with Crippen molar-refractivity contribution in [2.45, 2.75) is 25.9 Å². The van der Waals surface area contributed by atoms with E-state index in [9.17, 15) is 0 Å². The maximum absolute atomic E-state index is 5.29. The van der Waals surface area contributed by atoms with Crippen LogP contribution >= 0.6 is 12.2 Å². The molecule has 1 rings (SSSR count). The van der Waals surface area contributed by atoms with Crippen LogP contribution in [0.25, 0.3) is 0 Å². The second-order valence-electron chi connectivity index (χ2n) is 2.72. The number of H-pyrrole nitrogens is 1. The van der Waals surface area contributed by atoms with E-state index in [4.69, 9.17) is 21.5 Å². The van der Waals surface area contributed by atoms with Crippen molar-refractivity contribution >= 4 is 12.2 Å². The van der Waals surface area contributed by atoms with E-state index in [0.29, 0.717) is 5.82 Å². The monoisotopic (exact) mass is 188 g/mol. The molecule has 1 aromatic heterocycles. The summed E-state index contributed by atoms with van der Waals surface area (Å²) in [6.07, 6.45) is 0.807. The van der Waals surface area contributed by atoms with Crippen LogP contribution in [0.15, 0.2) is 4.52 Å². The topological polar surface area (TPSA) is 51.1 Å². The van der Waals surface area contributed by atoms with Crippen LogP contribution in [0.4, 0.5) is 0 Å². The highest BCUT2D eigenvalue weighted by Gasteiger charge is 2.27. The standard InChI is InChI=1S/C7H12N2O2S/c1-4-7(2,10-3)5-8-6(12)11-9-5/h4H2,1-3H3,(H,8,9,12). The minimum Gasteiger partial charge on any atom is -0.370 e. The van der Waals surface area contributed by atoms with Crippen LogP contribution in [-0.4, -0.2) is 17.3 Å². The zero-order valence-corrected chi connectivity index (χ0v) is 8.20. The van der Waals surface area contributed by atoms with Crippen LogP contribution in [0, 0.1) is 4.84 Å². The van der Waals surface area contributed by atoms with E-state index < -0.39 is 5.60 Å². The second-order valence-corrected chi connectivity index (χ2v) is 3.07. The van der Waals surface area contributed by atoms with E-state index >= 15 is 0 Å². The van der Waals surface area contributed by atoms with Crippen LogP contribution in [0.5, 0.6) is 0 Å². The van der Waals surface area contributed by atoms with Crippen molar-refractivity contribution < 1.29 is 9.26 Å². The summed E-state index contributed by atoms with van der Waals surface area (Å²) in [5.74, 6) is 0.637. The molecule has 0 amide bonds. The van der Waals surface area contributed by atoms with Crippen LogP contribution < -0.4 is 0 Å². The van der Waals surface area contributed by atoms with Gasteiger partial charge in [-0.1, -0.05) is 6.92 Å². The molecule has 0 aromatic carbocycles. The van der Waals surface area contributed by atoms with Crippen molar-refractivity contribution in [3.8, 4) is 0 Å². The Hall–Kier alpha value is -0.680. The molecule has 0 saturated carbocycles. The molecule has 0 bridgehead atoms. The molecule has 1 heterocycles.